The molecule has 1 atom stereocenters. The summed E-state index contributed by atoms with van der Waals surface area (Å²) >= 11 is 0. The maximum Gasteiger partial charge on any atom is 0.238 e. The lowest BCUT2D eigenvalue weighted by atomic mass is 9.89. The lowest BCUT2D eigenvalue weighted by Crippen LogP contribution is -2.12. The number of rotatable bonds is 3. The van der Waals surface area contributed by atoms with Gasteiger partial charge >= 0.3 is 0 Å². The Morgan fingerprint density at radius 3 is 2.96 bits per heavy atom. The molecule has 5 rings (SSSR count). The van der Waals surface area contributed by atoms with E-state index in [9.17, 15) is 0 Å². The van der Waals surface area contributed by atoms with E-state index >= 15 is 0 Å². The molecule has 1 fully saturated rings. The second-order valence-corrected chi connectivity index (χ2v) is 7.20. The third kappa shape index (κ3) is 2.58. The molecule has 0 radical (unpaired) electrons. The van der Waals surface area contributed by atoms with Crippen LogP contribution < -0.4 is 5.73 Å². The summed E-state index contributed by atoms with van der Waals surface area (Å²) in [5.74, 6) is 1.63. The molecule has 6 nitrogen and oxygen atoms in total. The quantitative estimate of drug-likeness (QED) is 0.792. The molecule has 1 saturated carbocycles. The van der Waals surface area contributed by atoms with Crippen molar-refractivity contribution in [3.8, 4) is 11.3 Å². The number of aromatic nitrogens is 4. The Kier molecular flexibility index (Phi) is 3.13. The van der Waals surface area contributed by atoms with E-state index in [-0.39, 0.29) is 5.95 Å². The summed E-state index contributed by atoms with van der Waals surface area (Å²) in [6, 6.07) is 6.16. The fourth-order valence-electron chi connectivity index (χ4n) is 3.80. The zero-order valence-electron chi connectivity index (χ0n) is 14.2. The molecular weight excluding hydrogens is 312 g/mol. The van der Waals surface area contributed by atoms with Gasteiger partial charge in [-0.1, -0.05) is 12.8 Å². The predicted octanol–water partition coefficient (Wildman–Crippen LogP) is 3.75. The van der Waals surface area contributed by atoms with Crippen molar-refractivity contribution in [1.29, 1.82) is 0 Å². The van der Waals surface area contributed by atoms with Crippen LogP contribution in [-0.4, -0.2) is 25.3 Å². The molecule has 4 heterocycles. The highest BCUT2D eigenvalue weighted by molar-refractivity contribution is 5.88. The Labute approximate surface area is 145 Å². The van der Waals surface area contributed by atoms with E-state index in [1.165, 1.54) is 25.0 Å². The summed E-state index contributed by atoms with van der Waals surface area (Å²) < 4.78 is 1.75. The summed E-state index contributed by atoms with van der Waals surface area (Å²) in [6.07, 6.45) is 8.63. The van der Waals surface area contributed by atoms with Gasteiger partial charge < -0.3 is 5.73 Å². The van der Waals surface area contributed by atoms with Crippen LogP contribution in [0.3, 0.4) is 0 Å². The lowest BCUT2D eigenvalue weighted by Gasteiger charge is -2.23. The second-order valence-electron chi connectivity index (χ2n) is 7.20. The van der Waals surface area contributed by atoms with Gasteiger partial charge in [-0.3, -0.25) is 9.98 Å². The van der Waals surface area contributed by atoms with Gasteiger partial charge in [0, 0.05) is 23.4 Å². The van der Waals surface area contributed by atoms with E-state index in [4.69, 9.17) is 15.7 Å². The number of nitrogens with zero attached hydrogens (tertiary/aromatic N) is 5. The van der Waals surface area contributed by atoms with Crippen LogP contribution in [0.5, 0.6) is 0 Å². The first-order valence-corrected chi connectivity index (χ1v) is 8.83. The summed E-state index contributed by atoms with van der Waals surface area (Å²) in [7, 11) is 0. The van der Waals surface area contributed by atoms with Gasteiger partial charge in [-0.25, -0.2) is 9.50 Å². The molecule has 6 heteroatoms. The Hall–Kier alpha value is -2.76. The molecule has 2 aliphatic rings. The molecule has 0 spiro atoms. The summed E-state index contributed by atoms with van der Waals surface area (Å²) in [6.45, 7) is 2.12. The molecule has 3 aromatic rings. The summed E-state index contributed by atoms with van der Waals surface area (Å²) in [5.41, 5.74) is 11.9. The minimum absolute atomic E-state index is 0.266. The normalized spacial score (nSPS) is 19.7. The molecule has 1 aliphatic heterocycles. The largest absolute Gasteiger partial charge is 0.367 e. The van der Waals surface area contributed by atoms with Crippen LogP contribution in [0.2, 0.25) is 0 Å². The third-order valence-corrected chi connectivity index (χ3v) is 5.17. The van der Waals surface area contributed by atoms with Crippen molar-refractivity contribution < 1.29 is 0 Å². The average Bonchev–Trinajstić information content (AvgIpc) is 3.31. The van der Waals surface area contributed by atoms with Crippen molar-refractivity contribution in [2.75, 3.05) is 5.73 Å². The summed E-state index contributed by atoms with van der Waals surface area (Å²) in [5, 5.41) is 4.22. The average molecular weight is 332 g/mol. The molecule has 3 aromatic heterocycles. The van der Waals surface area contributed by atoms with E-state index in [1.54, 1.807) is 10.7 Å². The zero-order valence-corrected chi connectivity index (χ0v) is 14.2. The molecule has 0 saturated heterocycles. The minimum Gasteiger partial charge on any atom is -0.367 e. The maximum absolute atomic E-state index is 5.67. The van der Waals surface area contributed by atoms with Crippen LogP contribution in [0, 0.1) is 5.92 Å². The van der Waals surface area contributed by atoms with E-state index in [1.807, 2.05) is 18.3 Å². The van der Waals surface area contributed by atoms with Crippen molar-refractivity contribution in [2.45, 2.75) is 38.5 Å². The minimum atomic E-state index is 0.266. The molecule has 25 heavy (non-hydrogen) atoms. The number of aliphatic imine (C=N–C) groups is 1. The Morgan fingerprint density at radius 2 is 2.12 bits per heavy atom. The van der Waals surface area contributed by atoms with Gasteiger partial charge in [-0.05, 0) is 43.9 Å². The predicted molar refractivity (Wildman–Crippen MR) is 98.1 cm³/mol. The molecule has 1 aliphatic carbocycles. The smallest absolute Gasteiger partial charge is 0.238 e. The van der Waals surface area contributed by atoms with Crippen molar-refractivity contribution in [3.63, 3.8) is 0 Å². The van der Waals surface area contributed by atoms with Gasteiger partial charge in [0.1, 0.15) is 0 Å². The van der Waals surface area contributed by atoms with Crippen molar-refractivity contribution in [1.82, 2.24) is 19.6 Å². The van der Waals surface area contributed by atoms with E-state index < -0.39 is 0 Å². The highest BCUT2D eigenvalue weighted by Crippen LogP contribution is 2.44. The number of pyridine rings is 1. The highest BCUT2D eigenvalue weighted by atomic mass is 15.3. The van der Waals surface area contributed by atoms with E-state index in [0.29, 0.717) is 5.92 Å². The fourth-order valence-corrected chi connectivity index (χ4v) is 3.80. The highest BCUT2D eigenvalue weighted by Gasteiger charge is 2.30. The number of hydrogen-bond donors (Lipinski definition) is 1. The van der Waals surface area contributed by atoms with Crippen LogP contribution in [0.1, 0.15) is 44.2 Å². The molecule has 0 bridgehead atoms. The number of fused-ring (bicyclic) bond motifs is 2. The van der Waals surface area contributed by atoms with Gasteiger partial charge in [-0.15, -0.1) is 5.10 Å². The van der Waals surface area contributed by atoms with Crippen LogP contribution in [0.15, 0.2) is 35.6 Å². The molecule has 126 valence electrons. The van der Waals surface area contributed by atoms with Gasteiger partial charge in [-0.2, -0.15) is 0 Å². The Bertz CT molecular complexity index is 998. The first-order chi connectivity index (χ1) is 12.2. The van der Waals surface area contributed by atoms with E-state index in [2.05, 4.69) is 23.1 Å². The number of anilines is 1. The topological polar surface area (TPSA) is 81.5 Å². The number of nitrogen functional groups attached to an aromatic ring is 1. The van der Waals surface area contributed by atoms with E-state index in [0.717, 1.165) is 40.5 Å². The molecule has 2 N–H and O–H groups in total. The number of hydrogen-bond acceptors (Lipinski definition) is 5. The van der Waals surface area contributed by atoms with Crippen LogP contribution in [-0.2, 0) is 0 Å². The molecular formula is C19H20N6. The van der Waals surface area contributed by atoms with Gasteiger partial charge in [0.05, 0.1) is 28.8 Å². The number of nitrogens with two attached hydrogens (primary N) is 1. The van der Waals surface area contributed by atoms with Crippen LogP contribution in [0.4, 0.5) is 11.6 Å². The Balaban J connectivity index is 1.60. The van der Waals surface area contributed by atoms with Crippen LogP contribution in [0.25, 0.3) is 16.8 Å². The third-order valence-electron chi connectivity index (χ3n) is 5.17. The van der Waals surface area contributed by atoms with Crippen molar-refractivity contribution in [2.24, 2.45) is 10.9 Å². The zero-order chi connectivity index (χ0) is 17.0. The van der Waals surface area contributed by atoms with Crippen molar-refractivity contribution >= 4 is 22.9 Å². The SMILES string of the molecule is CC1=Nc2ccc(-c3ccn4nc(N)ncc34)nc2C(CC2CC2)C1. The summed E-state index contributed by atoms with van der Waals surface area (Å²) in [4.78, 5) is 13.9. The van der Waals surface area contributed by atoms with Crippen molar-refractivity contribution in [3.05, 3.63) is 36.3 Å². The van der Waals surface area contributed by atoms with Crippen LogP contribution >= 0.6 is 0 Å². The monoisotopic (exact) mass is 332 g/mol. The fraction of sp³-hybridized carbons (Fsp3) is 0.368. The van der Waals surface area contributed by atoms with Gasteiger partial charge in [0.25, 0.3) is 0 Å². The van der Waals surface area contributed by atoms with Gasteiger partial charge in [0.2, 0.25) is 5.95 Å². The molecule has 0 aromatic carbocycles. The lowest BCUT2D eigenvalue weighted by molar-refractivity contribution is 0.575. The first kappa shape index (κ1) is 14.6. The standard InChI is InChI=1S/C19H20N6/c1-11-8-13(9-12-2-3-12)18-16(22-11)5-4-15(23-18)14-6-7-25-17(14)10-21-19(20)24-25/h4-7,10,12-13H,2-3,8-9H2,1H3,(H2,20,24). The second kappa shape index (κ2) is 5.37. The van der Waals surface area contributed by atoms with Gasteiger partial charge in [0.15, 0.2) is 0 Å². The molecule has 0 amide bonds. The first-order valence-electron chi connectivity index (χ1n) is 8.83. The molecule has 1 unspecified atom stereocenters. The Morgan fingerprint density at radius 1 is 1.24 bits per heavy atom. The maximum atomic E-state index is 5.67.